The summed E-state index contributed by atoms with van der Waals surface area (Å²) in [7, 11) is 0. The summed E-state index contributed by atoms with van der Waals surface area (Å²) in [5.41, 5.74) is -1.28. The van der Waals surface area contributed by atoms with Gasteiger partial charge in [-0.3, -0.25) is 0 Å². The largest absolute Gasteiger partial charge is 0.480 e. The fourth-order valence-electron chi connectivity index (χ4n) is 2.60. The van der Waals surface area contributed by atoms with E-state index in [9.17, 15) is 14.7 Å². The summed E-state index contributed by atoms with van der Waals surface area (Å²) >= 11 is 0. The van der Waals surface area contributed by atoms with Gasteiger partial charge >= 0.3 is 12.0 Å². The van der Waals surface area contributed by atoms with Crippen molar-refractivity contribution in [3.05, 3.63) is 0 Å². The molecule has 0 aliphatic carbocycles. The van der Waals surface area contributed by atoms with Crippen molar-refractivity contribution >= 4 is 12.0 Å². The van der Waals surface area contributed by atoms with Gasteiger partial charge in [0.05, 0.1) is 31.9 Å². The second kappa shape index (κ2) is 6.59. The normalized spacial score (nSPS) is 29.0. The maximum absolute atomic E-state index is 12.4. The Hall–Kier alpha value is -1.38. The summed E-state index contributed by atoms with van der Waals surface area (Å²) in [6.07, 6.45) is 0.0642. The van der Waals surface area contributed by atoms with E-state index in [1.807, 2.05) is 6.92 Å². The lowest BCUT2D eigenvalue weighted by Crippen LogP contribution is -2.63. The number of ether oxygens (including phenoxy) is 2. The Morgan fingerprint density at radius 3 is 2.62 bits per heavy atom. The summed E-state index contributed by atoms with van der Waals surface area (Å²) in [6, 6.07) is -0.605. The van der Waals surface area contributed by atoms with Crippen molar-refractivity contribution < 1.29 is 29.3 Å². The van der Waals surface area contributed by atoms with Gasteiger partial charge in [0.1, 0.15) is 5.54 Å². The summed E-state index contributed by atoms with van der Waals surface area (Å²) in [6.45, 7) is 2.84. The number of carboxylic acids is 1. The number of urea groups is 1. The molecule has 3 N–H and O–H groups in total. The molecule has 0 spiro atoms. The first-order valence-electron chi connectivity index (χ1n) is 7.11. The second-order valence-corrected chi connectivity index (χ2v) is 5.57. The Bertz CT molecular complexity index is 396. The molecule has 0 bridgehead atoms. The van der Waals surface area contributed by atoms with Crippen LogP contribution < -0.4 is 5.32 Å². The van der Waals surface area contributed by atoms with Crippen LogP contribution in [0.4, 0.5) is 4.79 Å². The molecule has 2 heterocycles. The number of aliphatic carboxylic acids is 1. The van der Waals surface area contributed by atoms with E-state index in [-0.39, 0.29) is 32.0 Å². The summed E-state index contributed by atoms with van der Waals surface area (Å²) in [4.78, 5) is 25.5. The standard InChI is InChI=1S/C13H22N2O6/c1-9-8-21-10(7-16)6-15(9)12(19)14-13(11(17)18)2-4-20-5-3-13/h9-10,16H,2-8H2,1H3,(H,14,19)(H,17,18). The zero-order valence-electron chi connectivity index (χ0n) is 12.1. The lowest BCUT2D eigenvalue weighted by Gasteiger charge is -2.41. The molecule has 2 amide bonds. The lowest BCUT2D eigenvalue weighted by atomic mass is 9.90. The van der Waals surface area contributed by atoms with Crippen LogP contribution in [0.5, 0.6) is 0 Å². The van der Waals surface area contributed by atoms with E-state index < -0.39 is 23.6 Å². The van der Waals surface area contributed by atoms with E-state index in [4.69, 9.17) is 14.6 Å². The minimum absolute atomic E-state index is 0.168. The van der Waals surface area contributed by atoms with Crippen molar-refractivity contribution in [2.75, 3.05) is 33.0 Å². The van der Waals surface area contributed by atoms with E-state index in [1.165, 1.54) is 4.90 Å². The van der Waals surface area contributed by atoms with Gasteiger partial charge in [-0.05, 0) is 6.92 Å². The van der Waals surface area contributed by atoms with Gasteiger partial charge in [0.15, 0.2) is 0 Å². The molecule has 8 nitrogen and oxygen atoms in total. The van der Waals surface area contributed by atoms with Crippen molar-refractivity contribution in [1.29, 1.82) is 0 Å². The average molecular weight is 302 g/mol. The van der Waals surface area contributed by atoms with Gasteiger partial charge in [-0.15, -0.1) is 0 Å². The van der Waals surface area contributed by atoms with E-state index in [0.29, 0.717) is 19.8 Å². The summed E-state index contributed by atoms with van der Waals surface area (Å²) in [5, 5.41) is 21.2. The Morgan fingerprint density at radius 2 is 2.05 bits per heavy atom. The molecule has 2 aliphatic heterocycles. The van der Waals surface area contributed by atoms with Gasteiger partial charge in [-0.25, -0.2) is 9.59 Å². The number of hydrogen-bond acceptors (Lipinski definition) is 5. The molecular formula is C13H22N2O6. The number of nitrogens with one attached hydrogen (secondary N) is 1. The number of aliphatic hydroxyl groups excluding tert-OH is 1. The highest BCUT2D eigenvalue weighted by Gasteiger charge is 2.43. The topological polar surface area (TPSA) is 108 Å². The Morgan fingerprint density at radius 1 is 1.38 bits per heavy atom. The molecule has 0 aromatic carbocycles. The van der Waals surface area contributed by atoms with Gasteiger partial charge in [0.25, 0.3) is 0 Å². The predicted molar refractivity (Wildman–Crippen MR) is 71.9 cm³/mol. The number of nitrogens with zero attached hydrogens (tertiary/aromatic N) is 1. The summed E-state index contributed by atoms with van der Waals surface area (Å²) < 4.78 is 10.6. The summed E-state index contributed by atoms with van der Waals surface area (Å²) in [5.74, 6) is -1.04. The molecule has 2 atom stereocenters. The van der Waals surface area contributed by atoms with E-state index >= 15 is 0 Å². The Kier molecular flexibility index (Phi) is 5.02. The van der Waals surface area contributed by atoms with Crippen LogP contribution in [-0.4, -0.2) is 77.8 Å². The maximum atomic E-state index is 12.4. The first-order valence-corrected chi connectivity index (χ1v) is 7.11. The molecular weight excluding hydrogens is 280 g/mol. The number of aliphatic hydroxyl groups is 1. The molecule has 2 unspecified atom stereocenters. The minimum Gasteiger partial charge on any atom is -0.480 e. The monoisotopic (exact) mass is 302 g/mol. The number of carboxylic acid groups (broad SMARTS) is 1. The third kappa shape index (κ3) is 3.45. The molecule has 2 fully saturated rings. The van der Waals surface area contributed by atoms with E-state index in [0.717, 1.165) is 0 Å². The van der Waals surface area contributed by atoms with E-state index in [1.54, 1.807) is 0 Å². The zero-order chi connectivity index (χ0) is 15.5. The number of hydrogen-bond donors (Lipinski definition) is 3. The van der Waals surface area contributed by atoms with Crippen LogP contribution in [0.3, 0.4) is 0 Å². The van der Waals surface area contributed by atoms with Crippen LogP contribution in [0.25, 0.3) is 0 Å². The molecule has 0 saturated carbocycles. The van der Waals surface area contributed by atoms with Crippen LogP contribution in [0.2, 0.25) is 0 Å². The zero-order valence-corrected chi connectivity index (χ0v) is 12.1. The van der Waals surface area contributed by atoms with Crippen LogP contribution in [0.15, 0.2) is 0 Å². The quantitative estimate of drug-likeness (QED) is 0.643. The van der Waals surface area contributed by atoms with Crippen molar-refractivity contribution in [1.82, 2.24) is 10.2 Å². The molecule has 2 aliphatic rings. The Labute approximate surface area is 123 Å². The highest BCUT2D eigenvalue weighted by atomic mass is 16.5. The van der Waals surface area contributed by atoms with Crippen molar-refractivity contribution in [2.24, 2.45) is 0 Å². The second-order valence-electron chi connectivity index (χ2n) is 5.57. The van der Waals surface area contributed by atoms with Crippen molar-refractivity contribution in [2.45, 2.75) is 37.5 Å². The van der Waals surface area contributed by atoms with Crippen LogP contribution in [0, 0.1) is 0 Å². The number of carbonyl (C=O) groups is 2. The Balaban J connectivity index is 2.05. The molecule has 2 rings (SSSR count). The fraction of sp³-hybridized carbons (Fsp3) is 0.846. The smallest absolute Gasteiger partial charge is 0.329 e. The predicted octanol–water partition coefficient (Wildman–Crippen LogP) is -0.589. The van der Waals surface area contributed by atoms with E-state index in [2.05, 4.69) is 5.32 Å². The molecule has 21 heavy (non-hydrogen) atoms. The van der Waals surface area contributed by atoms with Gasteiger partial charge in [0.2, 0.25) is 0 Å². The SMILES string of the molecule is CC1COC(CO)CN1C(=O)NC1(C(=O)O)CCOCC1. The maximum Gasteiger partial charge on any atom is 0.329 e. The molecule has 0 aromatic heterocycles. The number of carbonyl (C=O) groups excluding carboxylic acids is 1. The minimum atomic E-state index is -1.28. The number of rotatable bonds is 3. The van der Waals surface area contributed by atoms with Gasteiger partial charge in [-0.2, -0.15) is 0 Å². The third-order valence-electron chi connectivity index (χ3n) is 4.07. The van der Waals surface area contributed by atoms with Crippen LogP contribution >= 0.6 is 0 Å². The number of morpholine rings is 1. The highest BCUT2D eigenvalue weighted by molar-refractivity contribution is 5.86. The lowest BCUT2D eigenvalue weighted by molar-refractivity contribution is -0.148. The van der Waals surface area contributed by atoms with Crippen LogP contribution in [0.1, 0.15) is 19.8 Å². The fourth-order valence-corrected chi connectivity index (χ4v) is 2.60. The molecule has 0 aromatic rings. The first kappa shape index (κ1) is 16.0. The molecule has 0 radical (unpaired) electrons. The molecule has 120 valence electrons. The van der Waals surface area contributed by atoms with Gasteiger partial charge < -0.3 is 29.9 Å². The van der Waals surface area contributed by atoms with Gasteiger partial charge in [-0.1, -0.05) is 0 Å². The number of amides is 2. The third-order valence-corrected chi connectivity index (χ3v) is 4.07. The highest BCUT2D eigenvalue weighted by Crippen LogP contribution is 2.22. The first-order chi connectivity index (χ1) is 9.98. The van der Waals surface area contributed by atoms with Crippen molar-refractivity contribution in [3.63, 3.8) is 0 Å². The molecule has 8 heteroatoms. The van der Waals surface area contributed by atoms with Crippen LogP contribution in [-0.2, 0) is 14.3 Å². The van der Waals surface area contributed by atoms with Crippen molar-refractivity contribution in [3.8, 4) is 0 Å². The average Bonchev–Trinajstić information content (AvgIpc) is 2.48. The molecule has 2 saturated heterocycles. The van der Waals surface area contributed by atoms with Gasteiger partial charge in [0, 0.05) is 26.1 Å².